The highest BCUT2D eigenvalue weighted by molar-refractivity contribution is 6.39. The van der Waals surface area contributed by atoms with Crippen molar-refractivity contribution in [3.63, 3.8) is 0 Å². The number of halogens is 8. The molecule has 0 spiro atoms. The Hall–Kier alpha value is -2.38. The van der Waals surface area contributed by atoms with Gasteiger partial charge in [-0.2, -0.15) is 26.3 Å². The van der Waals surface area contributed by atoms with Crippen LogP contribution in [0.3, 0.4) is 0 Å². The predicted octanol–water partition coefficient (Wildman–Crippen LogP) is 4.61. The summed E-state index contributed by atoms with van der Waals surface area (Å²) in [5.74, 6) is -0.226. The summed E-state index contributed by atoms with van der Waals surface area (Å²) < 4.78 is 79.8. The average Bonchev–Trinajstić information content (AvgIpc) is 2.66. The topological polar surface area (TPSA) is 86.2 Å². The fourth-order valence-electron chi connectivity index (χ4n) is 2.25. The molecule has 0 fully saturated rings. The molecule has 1 atom stereocenters. The first-order chi connectivity index (χ1) is 14.6. The molecule has 2 rings (SSSR count). The largest absolute Gasteiger partial charge is 0.468 e. The number of carbonyl (C=O) groups excluding carboxylic acids is 1. The van der Waals surface area contributed by atoms with E-state index in [0.29, 0.717) is 6.92 Å². The number of rotatable bonds is 5. The van der Waals surface area contributed by atoms with Crippen LogP contribution in [0, 0.1) is 0 Å². The molecule has 1 aromatic carbocycles. The number of anilines is 1. The predicted molar refractivity (Wildman–Crippen MR) is 104 cm³/mol. The minimum Gasteiger partial charge on any atom is -0.468 e. The van der Waals surface area contributed by atoms with Gasteiger partial charge in [0.05, 0.1) is 22.4 Å². The summed E-state index contributed by atoms with van der Waals surface area (Å²) in [5.41, 5.74) is -4.03. The Morgan fingerprint density at radius 3 is 2.28 bits per heavy atom. The van der Waals surface area contributed by atoms with Crippen LogP contribution in [0.4, 0.5) is 36.8 Å². The van der Waals surface area contributed by atoms with Gasteiger partial charge in [0.1, 0.15) is 6.67 Å². The van der Waals surface area contributed by atoms with E-state index in [0.717, 1.165) is 12.1 Å². The maximum absolute atomic E-state index is 13.0. The summed E-state index contributed by atoms with van der Waals surface area (Å²) in [6, 6.07) is 0.808. The van der Waals surface area contributed by atoms with Crippen molar-refractivity contribution < 1.29 is 41.0 Å². The molecule has 0 radical (unpaired) electrons. The summed E-state index contributed by atoms with van der Waals surface area (Å²) in [5, 5.41) is 13.7. The Kier molecular flexibility index (Phi) is 7.79. The quantitative estimate of drug-likeness (QED) is 0.507. The summed E-state index contributed by atoms with van der Waals surface area (Å²) in [4.78, 5) is 17.2. The van der Waals surface area contributed by atoms with Gasteiger partial charge in [-0.15, -0.1) is 0 Å². The van der Waals surface area contributed by atoms with Gasteiger partial charge in [0.2, 0.25) is 5.90 Å². The summed E-state index contributed by atoms with van der Waals surface area (Å²) in [6.45, 7) is -1.19. The van der Waals surface area contributed by atoms with Crippen molar-refractivity contribution in [1.82, 2.24) is 10.2 Å². The minimum absolute atomic E-state index is 0.104. The second-order valence-electron chi connectivity index (χ2n) is 6.62. The van der Waals surface area contributed by atoms with Crippen molar-refractivity contribution in [2.75, 3.05) is 25.3 Å². The normalized spacial score (nSPS) is 16.3. The van der Waals surface area contributed by atoms with E-state index in [1.54, 1.807) is 0 Å². The molecule has 0 bridgehead atoms. The number of urea groups is 1. The molecule has 0 saturated carbocycles. The lowest BCUT2D eigenvalue weighted by molar-refractivity contribution is -0.258. The zero-order valence-corrected chi connectivity index (χ0v) is 17.6. The number of hydrogen-bond donors (Lipinski definition) is 3. The van der Waals surface area contributed by atoms with Gasteiger partial charge in [0.15, 0.2) is 12.2 Å². The van der Waals surface area contributed by atoms with Gasteiger partial charge >= 0.3 is 18.4 Å². The molecular formula is C17H16Cl2F6N4O3. The van der Waals surface area contributed by atoms with E-state index in [2.05, 4.69) is 20.4 Å². The number of hydrogen-bond acceptors (Lipinski definition) is 5. The number of aliphatic imine (C=N–C) groups is 1. The zero-order valence-electron chi connectivity index (χ0n) is 16.1. The third kappa shape index (κ3) is 6.81. The molecule has 32 heavy (non-hydrogen) atoms. The number of nitrogens with zero attached hydrogens (tertiary/aromatic N) is 2. The number of nitrogens with one attached hydrogen (secondary N) is 2. The SMILES string of the molecule is C[C@@](O)(c1cc(Cl)c(NC(=O)NCN2C=CC(OCC(F)(F)F)=NC2)c(Cl)c1)C(F)(F)F. The molecule has 0 aliphatic carbocycles. The van der Waals surface area contributed by atoms with Gasteiger partial charge in [-0.3, -0.25) is 0 Å². The highest BCUT2D eigenvalue weighted by Gasteiger charge is 2.51. The Morgan fingerprint density at radius 1 is 1.22 bits per heavy atom. The van der Waals surface area contributed by atoms with Crippen molar-refractivity contribution in [1.29, 1.82) is 0 Å². The van der Waals surface area contributed by atoms with E-state index >= 15 is 0 Å². The molecule has 1 aromatic rings. The van der Waals surface area contributed by atoms with Crippen molar-refractivity contribution >= 4 is 40.8 Å². The van der Waals surface area contributed by atoms with Crippen molar-refractivity contribution in [2.24, 2.45) is 4.99 Å². The molecule has 1 aliphatic rings. The number of benzene rings is 1. The van der Waals surface area contributed by atoms with Gasteiger partial charge < -0.3 is 25.4 Å². The molecule has 1 heterocycles. The molecule has 3 N–H and O–H groups in total. The van der Waals surface area contributed by atoms with Gasteiger partial charge in [-0.1, -0.05) is 23.2 Å². The number of ether oxygens (including phenoxy) is 1. The average molecular weight is 509 g/mol. The van der Waals surface area contributed by atoms with E-state index < -0.39 is 36.2 Å². The molecule has 0 unspecified atom stereocenters. The second-order valence-corrected chi connectivity index (χ2v) is 7.43. The van der Waals surface area contributed by atoms with E-state index in [1.807, 2.05) is 0 Å². The molecule has 178 valence electrons. The van der Waals surface area contributed by atoms with E-state index in [1.165, 1.54) is 17.2 Å². The lowest BCUT2D eigenvalue weighted by Gasteiger charge is -2.27. The third-order valence-corrected chi connectivity index (χ3v) is 4.65. The smallest absolute Gasteiger partial charge is 0.422 e. The number of alkyl halides is 6. The van der Waals surface area contributed by atoms with Crippen LogP contribution in [0.5, 0.6) is 0 Å². The standard InChI is InChI=1S/C17H16Cl2F6N4O3/c1-15(31,17(23,24)25)9-4-10(18)13(11(19)5-9)28-14(30)27-8-29-3-2-12(26-7-29)32-6-16(20,21)22/h2-5,31H,6-8H2,1H3,(H2,27,28,30)/t15-/m1/s1. The van der Waals surface area contributed by atoms with Crippen LogP contribution in [-0.4, -0.2) is 54.2 Å². The Morgan fingerprint density at radius 2 is 1.81 bits per heavy atom. The van der Waals surface area contributed by atoms with Gasteiger partial charge in [0.25, 0.3) is 0 Å². The van der Waals surface area contributed by atoms with Crippen LogP contribution in [0.2, 0.25) is 10.0 Å². The Balaban J connectivity index is 1.93. The lowest BCUT2D eigenvalue weighted by atomic mass is 9.95. The maximum atomic E-state index is 13.0. The highest BCUT2D eigenvalue weighted by atomic mass is 35.5. The van der Waals surface area contributed by atoms with Crippen LogP contribution < -0.4 is 10.6 Å². The van der Waals surface area contributed by atoms with Crippen LogP contribution in [0.1, 0.15) is 12.5 Å². The van der Waals surface area contributed by atoms with Gasteiger partial charge in [0, 0.05) is 12.3 Å². The van der Waals surface area contributed by atoms with Crippen molar-refractivity contribution in [3.05, 3.63) is 40.0 Å². The molecular weight excluding hydrogens is 493 g/mol. The van der Waals surface area contributed by atoms with Crippen LogP contribution in [0.25, 0.3) is 0 Å². The zero-order chi connectivity index (χ0) is 24.3. The van der Waals surface area contributed by atoms with Crippen LogP contribution in [0.15, 0.2) is 29.4 Å². The summed E-state index contributed by atoms with van der Waals surface area (Å²) in [6.07, 6.45) is -6.98. The molecule has 0 aromatic heterocycles. The van der Waals surface area contributed by atoms with E-state index in [4.69, 9.17) is 23.2 Å². The van der Waals surface area contributed by atoms with E-state index in [-0.39, 0.29) is 35.0 Å². The van der Waals surface area contributed by atoms with Gasteiger partial charge in [-0.25, -0.2) is 9.79 Å². The highest BCUT2D eigenvalue weighted by Crippen LogP contribution is 2.42. The summed E-state index contributed by atoms with van der Waals surface area (Å²) in [7, 11) is 0. The lowest BCUT2D eigenvalue weighted by Crippen LogP contribution is -2.39. The Bertz CT molecular complexity index is 896. The fourth-order valence-corrected chi connectivity index (χ4v) is 2.83. The maximum Gasteiger partial charge on any atom is 0.422 e. The summed E-state index contributed by atoms with van der Waals surface area (Å²) >= 11 is 11.8. The first-order valence-electron chi connectivity index (χ1n) is 8.60. The minimum atomic E-state index is -4.99. The number of carbonyl (C=O) groups is 1. The number of aliphatic hydroxyl groups is 1. The van der Waals surface area contributed by atoms with Crippen molar-refractivity contribution in [2.45, 2.75) is 24.9 Å². The van der Waals surface area contributed by atoms with Crippen LogP contribution >= 0.6 is 23.2 Å². The first kappa shape index (κ1) is 25.9. The first-order valence-corrected chi connectivity index (χ1v) is 9.35. The molecule has 1 aliphatic heterocycles. The molecule has 15 heteroatoms. The molecule has 2 amide bonds. The van der Waals surface area contributed by atoms with Crippen molar-refractivity contribution in [3.8, 4) is 0 Å². The molecule has 7 nitrogen and oxygen atoms in total. The van der Waals surface area contributed by atoms with Gasteiger partial charge in [-0.05, 0) is 24.6 Å². The second kappa shape index (κ2) is 9.63. The monoisotopic (exact) mass is 508 g/mol. The number of amides is 2. The van der Waals surface area contributed by atoms with E-state index in [9.17, 15) is 36.2 Å². The Labute approximate surface area is 187 Å². The third-order valence-electron chi connectivity index (χ3n) is 4.06. The molecule has 0 saturated heterocycles. The van der Waals surface area contributed by atoms with Crippen LogP contribution in [-0.2, 0) is 10.3 Å². The fraction of sp³-hybridized carbons (Fsp3) is 0.412.